The highest BCUT2D eigenvalue weighted by Gasteiger charge is 2.30. The number of carbonyl (C=O) groups is 1. The van der Waals surface area contributed by atoms with Gasteiger partial charge in [-0.25, -0.2) is 0 Å². The molecular formula is C12H11N3O2. The maximum atomic E-state index is 11.5. The number of hydrogen-bond donors (Lipinski definition) is 2. The van der Waals surface area contributed by atoms with Crippen molar-refractivity contribution >= 4 is 23.4 Å². The topological polar surface area (TPSA) is 74.0 Å². The highest BCUT2D eigenvalue weighted by molar-refractivity contribution is 6.74. The van der Waals surface area contributed by atoms with Crippen molar-refractivity contribution in [2.24, 2.45) is 10.1 Å². The lowest BCUT2D eigenvalue weighted by molar-refractivity contribution is -0.113. The zero-order valence-corrected chi connectivity index (χ0v) is 9.21. The van der Waals surface area contributed by atoms with Crippen molar-refractivity contribution in [2.45, 2.75) is 0 Å². The largest absolute Gasteiger partial charge is 0.410 e. The summed E-state index contributed by atoms with van der Waals surface area (Å²) in [5.41, 5.74) is 1.77. The van der Waals surface area contributed by atoms with E-state index in [9.17, 15) is 4.79 Å². The van der Waals surface area contributed by atoms with Gasteiger partial charge in [0.25, 0.3) is 5.91 Å². The van der Waals surface area contributed by atoms with Crippen molar-refractivity contribution in [3.05, 3.63) is 41.6 Å². The second-order valence-electron chi connectivity index (χ2n) is 3.44. The van der Waals surface area contributed by atoms with Crippen LogP contribution in [0, 0.1) is 0 Å². The molecule has 1 heterocycles. The van der Waals surface area contributed by atoms with Crippen LogP contribution in [-0.2, 0) is 4.79 Å². The minimum Gasteiger partial charge on any atom is -0.410 e. The number of rotatable bonds is 1. The van der Waals surface area contributed by atoms with Gasteiger partial charge in [0.15, 0.2) is 5.71 Å². The molecule has 0 bridgehead atoms. The van der Waals surface area contributed by atoms with Crippen LogP contribution in [0.2, 0.25) is 0 Å². The molecule has 86 valence electrons. The molecule has 2 rings (SSSR count). The number of allylic oxidation sites excluding steroid dienone is 1. The number of nitrogens with zero attached hydrogens (tertiary/aromatic N) is 2. The number of benzene rings is 1. The molecule has 0 aromatic heterocycles. The van der Waals surface area contributed by atoms with Crippen LogP contribution in [0.4, 0.5) is 0 Å². The van der Waals surface area contributed by atoms with E-state index in [1.54, 1.807) is 13.1 Å². The Hall–Kier alpha value is -2.43. The van der Waals surface area contributed by atoms with Crippen molar-refractivity contribution in [3.63, 3.8) is 0 Å². The lowest BCUT2D eigenvalue weighted by atomic mass is 10.1. The Labute approximate surface area is 98.2 Å². The summed E-state index contributed by atoms with van der Waals surface area (Å²) in [5.74, 6) is -0.449. The predicted molar refractivity (Wildman–Crippen MR) is 65.1 cm³/mol. The van der Waals surface area contributed by atoms with E-state index in [1.807, 2.05) is 30.3 Å². The van der Waals surface area contributed by atoms with Crippen LogP contribution in [0.1, 0.15) is 5.56 Å². The Morgan fingerprint density at radius 2 is 1.94 bits per heavy atom. The molecule has 2 N–H and O–H groups in total. The molecule has 1 saturated heterocycles. The first-order valence-corrected chi connectivity index (χ1v) is 5.04. The molecule has 17 heavy (non-hydrogen) atoms. The molecular weight excluding hydrogens is 218 g/mol. The molecule has 0 unspecified atom stereocenters. The van der Waals surface area contributed by atoms with Crippen LogP contribution in [0.25, 0.3) is 6.08 Å². The zero-order chi connectivity index (χ0) is 12.3. The third kappa shape index (κ3) is 2.08. The summed E-state index contributed by atoms with van der Waals surface area (Å²) in [4.78, 5) is 15.4. The number of hydrogen-bond acceptors (Lipinski definition) is 4. The van der Waals surface area contributed by atoms with Gasteiger partial charge in [-0.05, 0) is 11.6 Å². The number of aliphatic imine (C=N–C) groups is 1. The number of amides is 1. The van der Waals surface area contributed by atoms with Crippen LogP contribution >= 0.6 is 0 Å². The Morgan fingerprint density at radius 3 is 2.53 bits per heavy atom. The van der Waals surface area contributed by atoms with Gasteiger partial charge in [-0.15, -0.1) is 0 Å². The van der Waals surface area contributed by atoms with Gasteiger partial charge >= 0.3 is 0 Å². The van der Waals surface area contributed by atoms with Crippen LogP contribution in [0.15, 0.2) is 46.2 Å². The highest BCUT2D eigenvalue weighted by Crippen LogP contribution is 2.12. The van der Waals surface area contributed by atoms with Gasteiger partial charge in [-0.2, -0.15) is 0 Å². The molecule has 0 saturated carbocycles. The number of carbonyl (C=O) groups excluding carboxylic acids is 1. The monoisotopic (exact) mass is 229 g/mol. The minimum absolute atomic E-state index is 0.0605. The maximum Gasteiger partial charge on any atom is 0.280 e. The fourth-order valence-electron chi connectivity index (χ4n) is 1.62. The third-order valence-electron chi connectivity index (χ3n) is 2.38. The summed E-state index contributed by atoms with van der Waals surface area (Å²) in [6, 6.07) is 9.51. The minimum atomic E-state index is -0.449. The average molecular weight is 229 g/mol. The summed E-state index contributed by atoms with van der Waals surface area (Å²) >= 11 is 0. The van der Waals surface area contributed by atoms with Gasteiger partial charge in [-0.3, -0.25) is 9.79 Å². The Kier molecular flexibility index (Phi) is 3.00. The van der Waals surface area contributed by atoms with Gasteiger partial charge in [-0.1, -0.05) is 35.5 Å². The van der Waals surface area contributed by atoms with Crippen LogP contribution in [0.3, 0.4) is 0 Å². The van der Waals surface area contributed by atoms with Crippen molar-refractivity contribution in [2.75, 3.05) is 7.05 Å². The Morgan fingerprint density at radius 1 is 1.24 bits per heavy atom. The smallest absolute Gasteiger partial charge is 0.280 e. The lowest BCUT2D eigenvalue weighted by Gasteiger charge is -1.98. The van der Waals surface area contributed by atoms with Gasteiger partial charge in [0.05, 0.1) is 5.70 Å². The van der Waals surface area contributed by atoms with Gasteiger partial charge < -0.3 is 10.5 Å². The first-order chi connectivity index (χ1) is 8.26. The highest BCUT2D eigenvalue weighted by atomic mass is 16.4. The summed E-state index contributed by atoms with van der Waals surface area (Å²) in [6.07, 6.45) is 1.78. The summed E-state index contributed by atoms with van der Waals surface area (Å²) < 4.78 is 0. The normalized spacial score (nSPS) is 22.4. The third-order valence-corrected chi connectivity index (χ3v) is 2.38. The lowest BCUT2D eigenvalue weighted by Crippen LogP contribution is -2.19. The van der Waals surface area contributed by atoms with Crippen LogP contribution in [-0.4, -0.2) is 29.6 Å². The van der Waals surface area contributed by atoms with E-state index in [-0.39, 0.29) is 5.71 Å². The molecule has 1 aliphatic rings. The molecule has 0 atom stereocenters. The Balaban J connectivity index is 2.42. The fraction of sp³-hybridized carbons (Fsp3) is 0.0833. The molecule has 1 aliphatic heterocycles. The van der Waals surface area contributed by atoms with Crippen molar-refractivity contribution in [1.29, 1.82) is 0 Å². The van der Waals surface area contributed by atoms with Crippen LogP contribution in [0.5, 0.6) is 0 Å². The summed E-state index contributed by atoms with van der Waals surface area (Å²) in [5, 5.41) is 14.3. The molecule has 0 aliphatic carbocycles. The second kappa shape index (κ2) is 4.61. The first kappa shape index (κ1) is 11.1. The molecule has 0 radical (unpaired) electrons. The standard InChI is InChI=1S/C12H11N3O2/c1-13-10-9(14-12(16)11(10)15-17)7-8-5-3-2-4-6-8/h2-7,17H,1H3,(H,14,16)/b9-7-,13-10?,15-11-. The van der Waals surface area contributed by atoms with E-state index in [4.69, 9.17) is 5.21 Å². The van der Waals surface area contributed by atoms with E-state index in [2.05, 4.69) is 15.5 Å². The van der Waals surface area contributed by atoms with E-state index in [0.717, 1.165) is 5.56 Å². The Bertz CT molecular complexity index is 530. The fourth-order valence-corrected chi connectivity index (χ4v) is 1.62. The molecule has 5 heteroatoms. The van der Waals surface area contributed by atoms with E-state index in [0.29, 0.717) is 11.4 Å². The summed E-state index contributed by atoms with van der Waals surface area (Å²) in [6.45, 7) is 0. The quantitative estimate of drug-likeness (QED) is 0.558. The van der Waals surface area contributed by atoms with Gasteiger partial charge in [0.1, 0.15) is 5.71 Å². The maximum absolute atomic E-state index is 11.5. The predicted octanol–water partition coefficient (Wildman–Crippen LogP) is 1.06. The van der Waals surface area contributed by atoms with E-state index in [1.165, 1.54) is 0 Å². The van der Waals surface area contributed by atoms with Gasteiger partial charge in [0.2, 0.25) is 0 Å². The molecule has 0 spiro atoms. The second-order valence-corrected chi connectivity index (χ2v) is 3.44. The van der Waals surface area contributed by atoms with Gasteiger partial charge in [0, 0.05) is 7.05 Å². The number of oxime groups is 1. The van der Waals surface area contributed by atoms with Crippen molar-refractivity contribution < 1.29 is 10.0 Å². The summed E-state index contributed by atoms with van der Waals surface area (Å²) in [7, 11) is 1.54. The molecule has 1 amide bonds. The molecule has 1 fully saturated rings. The van der Waals surface area contributed by atoms with Crippen LogP contribution < -0.4 is 5.32 Å². The van der Waals surface area contributed by atoms with Crippen molar-refractivity contribution in [3.8, 4) is 0 Å². The molecule has 5 nitrogen and oxygen atoms in total. The number of nitrogens with one attached hydrogen (secondary N) is 1. The molecule has 1 aromatic carbocycles. The SMILES string of the molecule is CN=C1/C(=C/c2ccccc2)NC(=O)/C1=N\O. The first-order valence-electron chi connectivity index (χ1n) is 5.04. The average Bonchev–Trinajstić information content (AvgIpc) is 2.65. The van der Waals surface area contributed by atoms with E-state index < -0.39 is 5.91 Å². The van der Waals surface area contributed by atoms with Crippen molar-refractivity contribution in [1.82, 2.24) is 5.32 Å². The zero-order valence-electron chi connectivity index (χ0n) is 9.21. The van der Waals surface area contributed by atoms with E-state index >= 15 is 0 Å². The molecule has 1 aromatic rings.